The van der Waals surface area contributed by atoms with Crippen molar-refractivity contribution in [2.75, 3.05) is 20.1 Å². The molecule has 0 unspecified atom stereocenters. The number of likely N-dealkylation sites (N-methyl/N-ethyl adjacent to an activating group) is 1. The molecule has 3 rings (SSSR count). The van der Waals surface area contributed by atoms with Crippen molar-refractivity contribution in [1.82, 2.24) is 15.1 Å². The Labute approximate surface area is 140 Å². The maximum absolute atomic E-state index is 12.4. The summed E-state index contributed by atoms with van der Waals surface area (Å²) in [6.07, 6.45) is 1.18. The van der Waals surface area contributed by atoms with Crippen LogP contribution < -0.4 is 5.32 Å². The number of rotatable bonds is 2. The van der Waals surface area contributed by atoms with Crippen LogP contribution in [0.3, 0.4) is 0 Å². The molecule has 0 aliphatic carbocycles. The minimum Gasteiger partial charge on any atom is -0.480 e. The molecule has 23 heavy (non-hydrogen) atoms. The lowest BCUT2D eigenvalue weighted by molar-refractivity contribution is -0.141. The average molecular weight is 338 g/mol. The van der Waals surface area contributed by atoms with E-state index in [-0.39, 0.29) is 12.1 Å². The highest BCUT2D eigenvalue weighted by molar-refractivity contribution is 6.31. The first-order chi connectivity index (χ1) is 11.0. The van der Waals surface area contributed by atoms with Gasteiger partial charge in [-0.25, -0.2) is 4.79 Å². The molecule has 1 saturated heterocycles. The van der Waals surface area contributed by atoms with Crippen LogP contribution in [0.1, 0.15) is 17.5 Å². The van der Waals surface area contributed by atoms with Crippen molar-refractivity contribution >= 4 is 23.6 Å². The van der Waals surface area contributed by atoms with E-state index in [1.165, 1.54) is 0 Å². The molecule has 1 fully saturated rings. The highest BCUT2D eigenvalue weighted by Crippen LogP contribution is 2.26. The van der Waals surface area contributed by atoms with Gasteiger partial charge < -0.3 is 15.3 Å². The lowest BCUT2D eigenvalue weighted by atomic mass is 10.00. The molecule has 2 aliphatic heterocycles. The highest BCUT2D eigenvalue weighted by Gasteiger charge is 2.36. The number of carbonyl (C=O) groups is 2. The van der Waals surface area contributed by atoms with Crippen LogP contribution in [0.25, 0.3) is 0 Å². The second-order valence-electron chi connectivity index (χ2n) is 6.22. The summed E-state index contributed by atoms with van der Waals surface area (Å²) in [6, 6.07) is 4.96. The molecule has 6 nitrogen and oxygen atoms in total. The number of carboxylic acid groups (broad SMARTS) is 1. The van der Waals surface area contributed by atoms with E-state index in [0.717, 1.165) is 22.6 Å². The van der Waals surface area contributed by atoms with Gasteiger partial charge in [-0.15, -0.1) is 0 Å². The van der Waals surface area contributed by atoms with Crippen molar-refractivity contribution in [3.8, 4) is 0 Å². The third-order valence-corrected chi connectivity index (χ3v) is 5.01. The molecule has 0 saturated carbocycles. The van der Waals surface area contributed by atoms with Crippen LogP contribution in [0.15, 0.2) is 18.2 Å². The molecular weight excluding hydrogens is 318 g/mol. The summed E-state index contributed by atoms with van der Waals surface area (Å²) in [7, 11) is 1.77. The van der Waals surface area contributed by atoms with Gasteiger partial charge in [0.1, 0.15) is 6.04 Å². The number of hydrogen-bond acceptors (Lipinski definition) is 3. The number of likely N-dealkylation sites (tertiary alicyclic amines) is 1. The van der Waals surface area contributed by atoms with Crippen molar-refractivity contribution in [3.63, 3.8) is 0 Å². The van der Waals surface area contributed by atoms with Gasteiger partial charge in [-0.3, -0.25) is 9.69 Å². The van der Waals surface area contributed by atoms with Gasteiger partial charge >= 0.3 is 12.0 Å². The van der Waals surface area contributed by atoms with Gasteiger partial charge in [-0.05, 0) is 37.1 Å². The van der Waals surface area contributed by atoms with Crippen LogP contribution in [-0.4, -0.2) is 59.1 Å². The molecule has 1 aromatic rings. The molecule has 2 heterocycles. The molecule has 0 radical (unpaired) electrons. The van der Waals surface area contributed by atoms with E-state index in [9.17, 15) is 9.59 Å². The number of benzene rings is 1. The maximum Gasteiger partial charge on any atom is 0.320 e. The van der Waals surface area contributed by atoms with Crippen LogP contribution in [0.2, 0.25) is 5.02 Å². The zero-order chi connectivity index (χ0) is 16.6. The quantitative estimate of drug-likeness (QED) is 0.859. The number of aliphatic carboxylic acids is 1. The van der Waals surface area contributed by atoms with Crippen LogP contribution in [0, 0.1) is 0 Å². The number of nitrogens with one attached hydrogen (secondary N) is 1. The Hall–Kier alpha value is -1.79. The Morgan fingerprint density at radius 3 is 2.87 bits per heavy atom. The Kier molecular flexibility index (Phi) is 4.46. The molecule has 1 aromatic carbocycles. The van der Waals surface area contributed by atoms with E-state index in [1.807, 2.05) is 18.2 Å². The highest BCUT2D eigenvalue weighted by atomic mass is 35.5. The zero-order valence-corrected chi connectivity index (χ0v) is 13.7. The lowest BCUT2D eigenvalue weighted by Crippen LogP contribution is -2.47. The Balaban J connectivity index is 1.61. The normalized spacial score (nSPS) is 24.3. The lowest BCUT2D eigenvalue weighted by Gasteiger charge is -2.30. The fourth-order valence-corrected chi connectivity index (χ4v) is 3.68. The Morgan fingerprint density at radius 2 is 2.17 bits per heavy atom. The van der Waals surface area contributed by atoms with Crippen molar-refractivity contribution in [1.29, 1.82) is 0 Å². The summed E-state index contributed by atoms with van der Waals surface area (Å²) in [5.41, 5.74) is 2.19. The van der Waals surface area contributed by atoms with E-state index in [4.69, 9.17) is 16.7 Å². The summed E-state index contributed by atoms with van der Waals surface area (Å²) in [6.45, 7) is 1.71. The largest absolute Gasteiger partial charge is 0.480 e. The molecule has 7 heteroatoms. The molecule has 2 atom stereocenters. The molecule has 124 valence electrons. The fourth-order valence-electron chi connectivity index (χ4n) is 3.39. The number of hydrogen-bond donors (Lipinski definition) is 2. The number of halogens is 1. The summed E-state index contributed by atoms with van der Waals surface area (Å²) >= 11 is 6.19. The number of urea groups is 1. The number of amides is 2. The zero-order valence-electron chi connectivity index (χ0n) is 13.0. The predicted molar refractivity (Wildman–Crippen MR) is 86.6 cm³/mol. The monoisotopic (exact) mass is 337 g/mol. The van der Waals surface area contributed by atoms with Gasteiger partial charge in [-0.2, -0.15) is 0 Å². The van der Waals surface area contributed by atoms with Gasteiger partial charge in [-0.1, -0.05) is 23.7 Å². The molecule has 2 amide bonds. The van der Waals surface area contributed by atoms with Gasteiger partial charge in [0, 0.05) is 30.7 Å². The predicted octanol–water partition coefficient (Wildman–Crippen LogP) is 1.57. The van der Waals surface area contributed by atoms with E-state index >= 15 is 0 Å². The third-order valence-electron chi connectivity index (χ3n) is 4.66. The van der Waals surface area contributed by atoms with Gasteiger partial charge in [0.2, 0.25) is 0 Å². The summed E-state index contributed by atoms with van der Waals surface area (Å²) < 4.78 is 0. The Morgan fingerprint density at radius 1 is 1.39 bits per heavy atom. The Bertz CT molecular complexity index is 637. The number of fused-ring (bicyclic) bond motifs is 1. The molecule has 0 bridgehead atoms. The first-order valence-corrected chi connectivity index (χ1v) is 8.08. The topological polar surface area (TPSA) is 72.9 Å². The third kappa shape index (κ3) is 3.28. The van der Waals surface area contributed by atoms with E-state index < -0.39 is 12.0 Å². The SMILES string of the molecule is CN1C[C@@H](NC(=O)N2CCc3c(Cl)cccc3C2)C[C@H]1C(=O)O. The smallest absolute Gasteiger partial charge is 0.320 e. The number of carbonyl (C=O) groups excluding carboxylic acids is 1. The first-order valence-electron chi connectivity index (χ1n) is 7.70. The van der Waals surface area contributed by atoms with Crippen molar-refractivity contribution in [3.05, 3.63) is 34.3 Å². The average Bonchev–Trinajstić information content (AvgIpc) is 2.88. The molecular formula is C16H20ClN3O3. The summed E-state index contributed by atoms with van der Waals surface area (Å²) in [5.74, 6) is -0.842. The van der Waals surface area contributed by atoms with Gasteiger partial charge in [0.15, 0.2) is 0 Å². The van der Waals surface area contributed by atoms with E-state index in [1.54, 1.807) is 16.8 Å². The fraction of sp³-hybridized carbons (Fsp3) is 0.500. The van der Waals surface area contributed by atoms with Crippen molar-refractivity contribution in [2.45, 2.75) is 31.5 Å². The second kappa shape index (κ2) is 6.37. The van der Waals surface area contributed by atoms with Gasteiger partial charge in [0.05, 0.1) is 0 Å². The summed E-state index contributed by atoms with van der Waals surface area (Å²) in [5, 5.41) is 12.9. The van der Waals surface area contributed by atoms with E-state index in [0.29, 0.717) is 26.1 Å². The van der Waals surface area contributed by atoms with Gasteiger partial charge in [0.25, 0.3) is 0 Å². The molecule has 0 aromatic heterocycles. The van der Waals surface area contributed by atoms with Crippen LogP contribution >= 0.6 is 11.6 Å². The first kappa shape index (κ1) is 16.1. The number of nitrogens with zero attached hydrogens (tertiary/aromatic N) is 2. The van der Waals surface area contributed by atoms with Crippen LogP contribution in [0.5, 0.6) is 0 Å². The standard InChI is InChI=1S/C16H20ClN3O3/c1-19-9-11(7-14(19)15(21)22)18-16(23)20-6-5-12-10(8-20)3-2-4-13(12)17/h2-4,11,14H,5-9H2,1H3,(H,18,23)(H,21,22)/t11-,14-/m0/s1. The van der Waals surface area contributed by atoms with Crippen molar-refractivity contribution < 1.29 is 14.7 Å². The number of carboxylic acids is 1. The second-order valence-corrected chi connectivity index (χ2v) is 6.63. The van der Waals surface area contributed by atoms with E-state index in [2.05, 4.69) is 5.32 Å². The minimum absolute atomic E-state index is 0.130. The maximum atomic E-state index is 12.4. The molecule has 2 aliphatic rings. The summed E-state index contributed by atoms with van der Waals surface area (Å²) in [4.78, 5) is 27.1. The minimum atomic E-state index is -0.842. The molecule has 0 spiro atoms. The van der Waals surface area contributed by atoms with Crippen LogP contribution in [0.4, 0.5) is 4.79 Å². The van der Waals surface area contributed by atoms with Crippen LogP contribution in [-0.2, 0) is 17.8 Å². The van der Waals surface area contributed by atoms with Crippen molar-refractivity contribution in [2.24, 2.45) is 0 Å². The molecule has 2 N–H and O–H groups in total.